The van der Waals surface area contributed by atoms with Crippen molar-refractivity contribution in [2.75, 3.05) is 18.5 Å². The quantitative estimate of drug-likeness (QED) is 0.600. The highest BCUT2D eigenvalue weighted by atomic mass is 32.3. The van der Waals surface area contributed by atoms with Crippen molar-refractivity contribution >= 4 is 25.8 Å². The summed E-state index contributed by atoms with van der Waals surface area (Å²) >= 11 is 0. The molecule has 9 heteroatoms. The highest BCUT2D eigenvalue weighted by molar-refractivity contribution is 8.06. The number of hydrogen-bond acceptors (Lipinski definition) is 6. The van der Waals surface area contributed by atoms with Crippen LogP contribution in [0.25, 0.3) is 0 Å². The molecule has 0 aliphatic heterocycles. The molecule has 1 unspecified atom stereocenters. The molecule has 7 nitrogen and oxygen atoms in total. The molecule has 0 amide bonds. The molecular weight excluding hydrogens is 246 g/mol. The zero-order valence-corrected chi connectivity index (χ0v) is 10.2. The molecule has 1 N–H and O–H groups in total. The first kappa shape index (κ1) is 14.3. The molecule has 0 aromatic heterocycles. The molecule has 15 heavy (non-hydrogen) atoms. The first-order valence-electron chi connectivity index (χ1n) is 3.83. The summed E-state index contributed by atoms with van der Waals surface area (Å²) in [6.45, 7) is 1.26. The Morgan fingerprint density at radius 2 is 1.80 bits per heavy atom. The average molecular weight is 259 g/mol. The van der Waals surface area contributed by atoms with Gasteiger partial charge in [0.25, 0.3) is 0 Å². The van der Waals surface area contributed by atoms with E-state index in [1.807, 2.05) is 4.72 Å². The Bertz CT molecular complexity index is 423. The minimum absolute atomic E-state index is 0.785. The van der Waals surface area contributed by atoms with Gasteiger partial charge in [0.05, 0.1) is 7.11 Å². The number of sulfonamides is 1. The Hall–Kier alpha value is -0.670. The van der Waals surface area contributed by atoms with Gasteiger partial charge in [0.2, 0.25) is 10.0 Å². The fourth-order valence-corrected chi connectivity index (χ4v) is 3.97. The first-order valence-corrected chi connectivity index (χ1v) is 7.54. The standard InChI is InChI=1S/C6H13NO6S2/c1-5(6(8)13-2)7-15(11,12)4-14(3,9)10/h5,7H,4H2,1-3H3. The van der Waals surface area contributed by atoms with Crippen LogP contribution in [-0.4, -0.2) is 47.3 Å². The molecule has 0 bridgehead atoms. The lowest BCUT2D eigenvalue weighted by molar-refractivity contribution is -0.142. The molecule has 0 aromatic rings. The summed E-state index contributed by atoms with van der Waals surface area (Å²) in [5.41, 5.74) is 0. The summed E-state index contributed by atoms with van der Waals surface area (Å²) in [4.78, 5) is 10.9. The normalized spacial score (nSPS) is 14.6. The van der Waals surface area contributed by atoms with Gasteiger partial charge in [0, 0.05) is 6.26 Å². The lowest BCUT2D eigenvalue weighted by Crippen LogP contribution is -2.41. The van der Waals surface area contributed by atoms with Crippen molar-refractivity contribution < 1.29 is 26.4 Å². The van der Waals surface area contributed by atoms with Crippen LogP contribution in [-0.2, 0) is 29.4 Å². The monoisotopic (exact) mass is 259 g/mol. The largest absolute Gasteiger partial charge is 0.468 e. The maximum atomic E-state index is 11.2. The van der Waals surface area contributed by atoms with Gasteiger partial charge in [-0.15, -0.1) is 0 Å². The third kappa shape index (κ3) is 6.42. The molecule has 0 aliphatic carbocycles. The molecule has 0 spiro atoms. The maximum Gasteiger partial charge on any atom is 0.323 e. The second-order valence-corrected chi connectivity index (χ2v) is 7.28. The number of rotatable bonds is 5. The summed E-state index contributed by atoms with van der Waals surface area (Å²) in [6.07, 6.45) is 0.787. The first-order chi connectivity index (χ1) is 6.57. The molecule has 0 radical (unpaired) electrons. The highest BCUT2D eigenvalue weighted by Gasteiger charge is 2.24. The van der Waals surface area contributed by atoms with Gasteiger partial charge in [-0.25, -0.2) is 21.6 Å². The summed E-state index contributed by atoms with van der Waals surface area (Å²) < 4.78 is 50.0. The Kier molecular flexibility index (Phi) is 4.68. The van der Waals surface area contributed by atoms with Crippen LogP contribution in [0, 0.1) is 0 Å². The van der Waals surface area contributed by atoms with Gasteiger partial charge in [-0.2, -0.15) is 0 Å². The number of sulfone groups is 1. The minimum atomic E-state index is -4.03. The van der Waals surface area contributed by atoms with Crippen LogP contribution < -0.4 is 4.72 Å². The minimum Gasteiger partial charge on any atom is -0.468 e. The van der Waals surface area contributed by atoms with Crippen LogP contribution in [0.15, 0.2) is 0 Å². The Morgan fingerprint density at radius 3 is 2.13 bits per heavy atom. The van der Waals surface area contributed by atoms with Gasteiger partial charge >= 0.3 is 5.97 Å². The van der Waals surface area contributed by atoms with Gasteiger partial charge in [-0.3, -0.25) is 4.79 Å². The van der Waals surface area contributed by atoms with Crippen molar-refractivity contribution in [3.63, 3.8) is 0 Å². The molecule has 0 aromatic carbocycles. The molecule has 0 rings (SSSR count). The van der Waals surface area contributed by atoms with E-state index in [1.54, 1.807) is 0 Å². The number of hydrogen-bond donors (Lipinski definition) is 1. The van der Waals surface area contributed by atoms with Gasteiger partial charge in [-0.05, 0) is 6.92 Å². The van der Waals surface area contributed by atoms with Crippen LogP contribution in [0.1, 0.15) is 6.92 Å². The van der Waals surface area contributed by atoms with E-state index in [9.17, 15) is 21.6 Å². The number of carbonyl (C=O) groups is 1. The van der Waals surface area contributed by atoms with E-state index in [-0.39, 0.29) is 0 Å². The fourth-order valence-electron chi connectivity index (χ4n) is 0.810. The van der Waals surface area contributed by atoms with Crippen molar-refractivity contribution in [2.45, 2.75) is 13.0 Å². The number of carbonyl (C=O) groups excluding carboxylic acids is 1. The molecule has 0 saturated heterocycles. The second kappa shape index (κ2) is 4.90. The third-order valence-corrected chi connectivity index (χ3v) is 4.95. The molecule has 0 fully saturated rings. The number of esters is 1. The highest BCUT2D eigenvalue weighted by Crippen LogP contribution is 1.96. The number of methoxy groups -OCH3 is 1. The van der Waals surface area contributed by atoms with Crippen molar-refractivity contribution in [2.24, 2.45) is 0 Å². The maximum absolute atomic E-state index is 11.2. The zero-order valence-electron chi connectivity index (χ0n) is 8.55. The van der Waals surface area contributed by atoms with Crippen molar-refractivity contribution in [3.05, 3.63) is 0 Å². The fraction of sp³-hybridized carbons (Fsp3) is 0.833. The third-order valence-electron chi connectivity index (χ3n) is 1.28. The molecule has 0 heterocycles. The van der Waals surface area contributed by atoms with Crippen molar-refractivity contribution in [1.29, 1.82) is 0 Å². The predicted octanol–water partition coefficient (Wildman–Crippen LogP) is -1.53. The van der Waals surface area contributed by atoms with E-state index in [0.717, 1.165) is 13.4 Å². The Balaban J connectivity index is 4.60. The summed E-state index contributed by atoms with van der Waals surface area (Å²) in [6, 6.07) is -1.11. The zero-order chi connectivity index (χ0) is 12.3. The van der Waals surface area contributed by atoms with Gasteiger partial charge in [0.15, 0.2) is 14.9 Å². The lowest BCUT2D eigenvalue weighted by Gasteiger charge is -2.10. The van der Waals surface area contributed by atoms with Crippen molar-refractivity contribution in [1.82, 2.24) is 4.72 Å². The van der Waals surface area contributed by atoms with Crippen LogP contribution >= 0.6 is 0 Å². The van der Waals surface area contributed by atoms with Crippen LogP contribution in [0.5, 0.6) is 0 Å². The molecular formula is C6H13NO6S2. The predicted molar refractivity (Wildman–Crippen MR) is 53.2 cm³/mol. The van der Waals surface area contributed by atoms with E-state index in [4.69, 9.17) is 0 Å². The molecule has 1 atom stereocenters. The Morgan fingerprint density at radius 1 is 1.33 bits per heavy atom. The SMILES string of the molecule is COC(=O)C(C)NS(=O)(=O)CS(C)(=O)=O. The average Bonchev–Trinajstić information content (AvgIpc) is 1.96. The summed E-state index contributed by atoms with van der Waals surface area (Å²) in [7, 11) is -6.59. The van der Waals surface area contributed by atoms with Gasteiger partial charge in [-0.1, -0.05) is 0 Å². The van der Waals surface area contributed by atoms with E-state index in [1.165, 1.54) is 6.92 Å². The van der Waals surface area contributed by atoms with Crippen LogP contribution in [0.4, 0.5) is 0 Å². The van der Waals surface area contributed by atoms with E-state index < -0.39 is 37.0 Å². The molecule has 0 saturated carbocycles. The van der Waals surface area contributed by atoms with Crippen LogP contribution in [0.3, 0.4) is 0 Å². The van der Waals surface area contributed by atoms with E-state index in [0.29, 0.717) is 0 Å². The van der Waals surface area contributed by atoms with Gasteiger partial charge < -0.3 is 4.74 Å². The number of nitrogens with one attached hydrogen (secondary N) is 1. The van der Waals surface area contributed by atoms with E-state index >= 15 is 0 Å². The summed E-state index contributed by atoms with van der Waals surface area (Å²) in [5, 5.41) is -1.05. The Labute approximate surface area is 88.8 Å². The topological polar surface area (TPSA) is 107 Å². The van der Waals surface area contributed by atoms with Crippen LogP contribution in [0.2, 0.25) is 0 Å². The lowest BCUT2D eigenvalue weighted by atomic mass is 10.4. The van der Waals surface area contributed by atoms with Crippen molar-refractivity contribution in [3.8, 4) is 0 Å². The smallest absolute Gasteiger partial charge is 0.323 e. The molecule has 0 aliphatic rings. The summed E-state index contributed by atoms with van der Waals surface area (Å²) in [5.74, 6) is -0.785. The molecule has 90 valence electrons. The van der Waals surface area contributed by atoms with E-state index in [2.05, 4.69) is 4.74 Å². The second-order valence-electron chi connectivity index (χ2n) is 3.02. The number of ether oxygens (including phenoxy) is 1. The van der Waals surface area contributed by atoms with Gasteiger partial charge in [0.1, 0.15) is 6.04 Å².